The van der Waals surface area contributed by atoms with Gasteiger partial charge in [-0.05, 0) is 6.07 Å². The Morgan fingerprint density at radius 2 is 1.84 bits per heavy atom. The monoisotopic (exact) mass is 365 g/mol. The topological polar surface area (TPSA) is 112 Å². The van der Waals surface area contributed by atoms with Crippen molar-refractivity contribution in [2.45, 2.75) is 11.4 Å². The zero-order chi connectivity index (χ0) is 18.0. The minimum Gasteiger partial charge on any atom is -0.378 e. The van der Waals surface area contributed by atoms with Crippen molar-refractivity contribution < 1.29 is 22.7 Å². The maximum atomic E-state index is 12.5. The van der Waals surface area contributed by atoms with Gasteiger partial charge in [0.05, 0.1) is 18.1 Å². The maximum absolute atomic E-state index is 12.5. The summed E-state index contributed by atoms with van der Waals surface area (Å²) in [7, 11) is -3.87. The third kappa shape index (κ3) is 3.67. The van der Waals surface area contributed by atoms with Crippen molar-refractivity contribution in [3.8, 4) is 0 Å². The molecule has 0 bridgehead atoms. The average molecular weight is 365 g/mol. The van der Waals surface area contributed by atoms with E-state index in [0.29, 0.717) is 37.2 Å². The lowest BCUT2D eigenvalue weighted by molar-refractivity contribution is -0.135. The number of hydrogen-bond acceptors (Lipinski definition) is 5. The predicted molar refractivity (Wildman–Crippen MR) is 90.6 cm³/mol. The molecule has 1 aromatic carbocycles. The first-order chi connectivity index (χ1) is 11.9. The molecule has 25 heavy (non-hydrogen) atoms. The number of nitrogens with two attached hydrogens (primary N) is 1. The van der Waals surface area contributed by atoms with E-state index in [0.717, 1.165) is 0 Å². The van der Waals surface area contributed by atoms with Gasteiger partial charge in [0, 0.05) is 30.2 Å². The molecule has 9 heteroatoms. The Balaban J connectivity index is 1.96. The summed E-state index contributed by atoms with van der Waals surface area (Å²) < 4.78 is 31.7. The van der Waals surface area contributed by atoms with Gasteiger partial charge in [0.1, 0.15) is 12.3 Å². The number of nitrogens with zero attached hydrogens (tertiary/aromatic N) is 2. The number of hydrogen-bond donors (Lipinski definition) is 1. The highest BCUT2D eigenvalue weighted by molar-refractivity contribution is 7.92. The normalized spacial score (nSPS) is 15.4. The van der Waals surface area contributed by atoms with Crippen molar-refractivity contribution in [1.82, 2.24) is 9.47 Å². The molecule has 1 saturated heterocycles. The Morgan fingerprint density at radius 1 is 1.16 bits per heavy atom. The summed E-state index contributed by atoms with van der Waals surface area (Å²) in [5.74, 6) is -1.79. The third-order valence-electron chi connectivity index (χ3n) is 4.09. The molecular formula is C16H19N3O5S. The summed E-state index contributed by atoms with van der Waals surface area (Å²) in [6, 6.07) is 6.87. The molecule has 1 fully saturated rings. The lowest BCUT2D eigenvalue weighted by atomic mass is 10.2. The summed E-state index contributed by atoms with van der Waals surface area (Å²) in [6.07, 6.45) is 1.40. The molecule has 1 aliphatic rings. The van der Waals surface area contributed by atoms with Crippen LogP contribution in [0.5, 0.6) is 0 Å². The van der Waals surface area contributed by atoms with Crippen molar-refractivity contribution in [3.63, 3.8) is 0 Å². The molecule has 2 heterocycles. The van der Waals surface area contributed by atoms with Crippen LogP contribution in [0.25, 0.3) is 10.9 Å². The minimum absolute atomic E-state index is 0.0108. The number of aromatic nitrogens is 1. The Kier molecular flexibility index (Phi) is 4.78. The highest BCUT2D eigenvalue weighted by Crippen LogP contribution is 2.26. The van der Waals surface area contributed by atoms with Gasteiger partial charge in [-0.3, -0.25) is 9.59 Å². The summed E-state index contributed by atoms with van der Waals surface area (Å²) in [5.41, 5.74) is 5.67. The van der Waals surface area contributed by atoms with Gasteiger partial charge in [-0.2, -0.15) is 0 Å². The molecule has 0 saturated carbocycles. The number of carbonyl (C=O) groups is 2. The molecule has 3 rings (SSSR count). The van der Waals surface area contributed by atoms with E-state index in [4.69, 9.17) is 10.5 Å². The zero-order valence-electron chi connectivity index (χ0n) is 13.6. The maximum Gasteiger partial charge on any atom is 0.242 e. The van der Waals surface area contributed by atoms with E-state index in [1.54, 1.807) is 33.7 Å². The molecule has 0 aliphatic carbocycles. The van der Waals surface area contributed by atoms with Crippen molar-refractivity contribution in [2.24, 2.45) is 5.73 Å². The van der Waals surface area contributed by atoms with Crippen molar-refractivity contribution in [2.75, 3.05) is 32.1 Å². The van der Waals surface area contributed by atoms with Crippen LogP contribution in [-0.2, 0) is 30.7 Å². The molecule has 0 atom stereocenters. The number of sulfone groups is 1. The first-order valence-electron chi connectivity index (χ1n) is 7.83. The Labute approximate surface area is 145 Å². The van der Waals surface area contributed by atoms with Crippen molar-refractivity contribution in [1.29, 1.82) is 0 Å². The summed E-state index contributed by atoms with van der Waals surface area (Å²) >= 11 is 0. The van der Waals surface area contributed by atoms with Gasteiger partial charge < -0.3 is 19.9 Å². The van der Waals surface area contributed by atoms with Gasteiger partial charge >= 0.3 is 0 Å². The lowest BCUT2D eigenvalue weighted by Crippen LogP contribution is -2.42. The second-order valence-corrected chi connectivity index (χ2v) is 7.81. The summed E-state index contributed by atoms with van der Waals surface area (Å²) in [6.45, 7) is 2.05. The van der Waals surface area contributed by atoms with Gasteiger partial charge in [-0.15, -0.1) is 0 Å². The highest BCUT2D eigenvalue weighted by Gasteiger charge is 2.24. The van der Waals surface area contributed by atoms with Crippen LogP contribution >= 0.6 is 0 Å². The van der Waals surface area contributed by atoms with Crippen LogP contribution in [0.15, 0.2) is 35.4 Å². The molecule has 2 N–H and O–H groups in total. The summed E-state index contributed by atoms with van der Waals surface area (Å²) in [4.78, 5) is 25.3. The molecule has 1 aromatic heterocycles. The van der Waals surface area contributed by atoms with E-state index in [1.165, 1.54) is 6.20 Å². The average Bonchev–Trinajstić information content (AvgIpc) is 2.94. The van der Waals surface area contributed by atoms with Crippen LogP contribution in [-0.4, -0.2) is 61.8 Å². The number of para-hydroxylation sites is 1. The Hall–Kier alpha value is -2.39. The smallest absolute Gasteiger partial charge is 0.242 e. The van der Waals surface area contributed by atoms with E-state index in [2.05, 4.69) is 0 Å². The largest absolute Gasteiger partial charge is 0.378 e. The van der Waals surface area contributed by atoms with Crippen molar-refractivity contribution >= 4 is 32.6 Å². The van der Waals surface area contributed by atoms with Gasteiger partial charge in [0.15, 0.2) is 9.84 Å². The van der Waals surface area contributed by atoms with Crippen LogP contribution in [0.1, 0.15) is 0 Å². The van der Waals surface area contributed by atoms with Crippen molar-refractivity contribution in [3.05, 3.63) is 30.5 Å². The predicted octanol–water partition coefficient (Wildman–Crippen LogP) is -0.241. The first kappa shape index (κ1) is 17.4. The first-order valence-corrected chi connectivity index (χ1v) is 9.48. The number of fused-ring (bicyclic) bond motifs is 1. The van der Waals surface area contributed by atoms with Gasteiger partial charge in [0.2, 0.25) is 11.8 Å². The Morgan fingerprint density at radius 3 is 2.52 bits per heavy atom. The quantitative estimate of drug-likeness (QED) is 0.786. The lowest BCUT2D eigenvalue weighted by Gasteiger charge is -2.27. The van der Waals surface area contributed by atoms with Gasteiger partial charge in [0.25, 0.3) is 0 Å². The van der Waals surface area contributed by atoms with Gasteiger partial charge in [-0.25, -0.2) is 8.42 Å². The molecule has 2 aromatic rings. The van der Waals surface area contributed by atoms with Crippen LogP contribution in [0, 0.1) is 0 Å². The van der Waals surface area contributed by atoms with Crippen LogP contribution in [0.4, 0.5) is 0 Å². The van der Waals surface area contributed by atoms with Crippen LogP contribution in [0.2, 0.25) is 0 Å². The Bertz CT molecular complexity index is 913. The molecule has 1 aliphatic heterocycles. The molecule has 134 valence electrons. The highest BCUT2D eigenvalue weighted by atomic mass is 32.2. The second kappa shape index (κ2) is 6.85. The number of benzene rings is 1. The minimum atomic E-state index is -3.87. The fourth-order valence-electron chi connectivity index (χ4n) is 2.92. The number of amides is 2. The standard InChI is InChI=1S/C16H19N3O5S/c17-15(20)11-25(22,23)14-9-19(13-4-2-1-3-12(13)14)10-16(21)18-5-7-24-8-6-18/h1-4,9H,5-8,10-11H2,(H2,17,20). The summed E-state index contributed by atoms with van der Waals surface area (Å²) in [5, 5.41) is 0.471. The van der Waals surface area contributed by atoms with E-state index in [1.807, 2.05) is 0 Å². The molecular weight excluding hydrogens is 346 g/mol. The molecule has 2 amide bonds. The fourth-order valence-corrected chi connectivity index (χ4v) is 4.24. The third-order valence-corrected chi connectivity index (χ3v) is 5.75. The SMILES string of the molecule is NC(=O)CS(=O)(=O)c1cn(CC(=O)N2CCOCC2)c2ccccc12. The number of morpholine rings is 1. The van der Waals surface area contributed by atoms with Gasteiger partial charge in [-0.1, -0.05) is 18.2 Å². The van der Waals surface area contributed by atoms with E-state index in [-0.39, 0.29) is 17.3 Å². The molecule has 8 nitrogen and oxygen atoms in total. The zero-order valence-corrected chi connectivity index (χ0v) is 14.4. The number of ether oxygens (including phenoxy) is 1. The molecule has 0 radical (unpaired) electrons. The number of rotatable bonds is 5. The fraction of sp³-hybridized carbons (Fsp3) is 0.375. The number of primary amides is 1. The van der Waals surface area contributed by atoms with E-state index >= 15 is 0 Å². The number of carbonyl (C=O) groups excluding carboxylic acids is 2. The second-order valence-electron chi connectivity index (χ2n) is 5.86. The molecule has 0 spiro atoms. The van der Waals surface area contributed by atoms with Crippen LogP contribution < -0.4 is 5.73 Å². The van der Waals surface area contributed by atoms with Crippen LogP contribution in [0.3, 0.4) is 0 Å². The van der Waals surface area contributed by atoms with E-state index < -0.39 is 21.5 Å². The molecule has 0 unspecified atom stereocenters. The van der Waals surface area contributed by atoms with E-state index in [9.17, 15) is 18.0 Å².